The van der Waals surface area contributed by atoms with Crippen molar-refractivity contribution in [3.63, 3.8) is 0 Å². The van der Waals surface area contributed by atoms with Crippen molar-refractivity contribution in [3.8, 4) is 11.3 Å². The summed E-state index contributed by atoms with van der Waals surface area (Å²) in [7, 11) is 3.49. The minimum absolute atomic E-state index is 0.154. The van der Waals surface area contributed by atoms with E-state index in [1.165, 1.54) is 4.57 Å². The third kappa shape index (κ3) is 3.05. The number of aryl methyl sites for hydroxylation is 1. The Hall–Kier alpha value is -2.60. The maximum atomic E-state index is 12.6. The van der Waals surface area contributed by atoms with Crippen LogP contribution >= 0.6 is 15.9 Å². The Kier molecular flexibility index (Phi) is 4.40. The first-order valence-electron chi connectivity index (χ1n) is 7.36. The molecule has 122 valence electrons. The largest absolute Gasteiger partial charge is 0.340 e. The van der Waals surface area contributed by atoms with E-state index in [4.69, 9.17) is 0 Å². The van der Waals surface area contributed by atoms with Gasteiger partial charge in [-0.1, -0.05) is 30.3 Å². The molecule has 0 aliphatic heterocycles. The Balaban J connectivity index is 1.89. The van der Waals surface area contributed by atoms with Crippen molar-refractivity contribution < 1.29 is 4.79 Å². The van der Waals surface area contributed by atoms with Crippen LogP contribution in [0.4, 0.5) is 5.69 Å². The summed E-state index contributed by atoms with van der Waals surface area (Å²) in [5.74, 6) is -0.231. The van der Waals surface area contributed by atoms with Crippen LogP contribution in [0.2, 0.25) is 0 Å². The second kappa shape index (κ2) is 6.49. The van der Waals surface area contributed by atoms with E-state index in [1.807, 2.05) is 48.0 Å². The smallest absolute Gasteiger partial charge is 0.272 e. The summed E-state index contributed by atoms with van der Waals surface area (Å²) in [6, 6.07) is 15.2. The number of hydrogen-bond donors (Lipinski definition) is 1. The molecule has 2 aromatic heterocycles. The second-order valence-corrected chi connectivity index (χ2v) is 6.33. The number of amides is 1. The molecule has 3 aromatic rings. The van der Waals surface area contributed by atoms with Crippen LogP contribution < -0.4 is 10.9 Å². The quantitative estimate of drug-likeness (QED) is 0.750. The van der Waals surface area contributed by atoms with Crippen molar-refractivity contribution in [2.75, 3.05) is 5.32 Å². The molecule has 0 saturated carbocycles. The van der Waals surface area contributed by atoms with Gasteiger partial charge in [-0.3, -0.25) is 9.59 Å². The number of halogens is 1. The predicted molar refractivity (Wildman–Crippen MR) is 98.2 cm³/mol. The lowest BCUT2D eigenvalue weighted by molar-refractivity contribution is 0.101. The first-order chi connectivity index (χ1) is 11.5. The van der Waals surface area contributed by atoms with Gasteiger partial charge >= 0.3 is 0 Å². The molecule has 5 nitrogen and oxygen atoms in total. The number of hydrogen-bond acceptors (Lipinski definition) is 2. The lowest BCUT2D eigenvalue weighted by Gasteiger charge is -2.10. The minimum Gasteiger partial charge on any atom is -0.340 e. The number of aromatic nitrogens is 2. The van der Waals surface area contributed by atoms with Crippen LogP contribution in [-0.2, 0) is 14.1 Å². The molecule has 0 radical (unpaired) electrons. The van der Waals surface area contributed by atoms with E-state index in [1.54, 1.807) is 25.4 Å². The van der Waals surface area contributed by atoms with Gasteiger partial charge < -0.3 is 14.5 Å². The number of pyridine rings is 1. The average Bonchev–Trinajstić information content (AvgIpc) is 2.95. The maximum absolute atomic E-state index is 12.6. The van der Waals surface area contributed by atoms with Crippen molar-refractivity contribution >= 4 is 27.5 Å². The summed E-state index contributed by atoms with van der Waals surface area (Å²) in [6.07, 6.45) is 1.59. The highest BCUT2D eigenvalue weighted by molar-refractivity contribution is 9.10. The van der Waals surface area contributed by atoms with Crippen LogP contribution in [0.5, 0.6) is 0 Å². The number of rotatable bonds is 3. The molecule has 1 N–H and O–H groups in total. The average molecular weight is 386 g/mol. The second-order valence-electron chi connectivity index (χ2n) is 5.48. The fourth-order valence-corrected chi connectivity index (χ4v) is 3.10. The molecule has 0 saturated heterocycles. The van der Waals surface area contributed by atoms with E-state index in [0.717, 1.165) is 11.3 Å². The number of benzene rings is 1. The van der Waals surface area contributed by atoms with Crippen LogP contribution in [0.15, 0.2) is 64.0 Å². The van der Waals surface area contributed by atoms with Gasteiger partial charge in [0.2, 0.25) is 0 Å². The highest BCUT2D eigenvalue weighted by Crippen LogP contribution is 2.22. The summed E-state index contributed by atoms with van der Waals surface area (Å²) < 4.78 is 3.67. The standard InChI is InChI=1S/C18H16BrN3O2/c1-21-11-13(10-14(19)18(21)24)20-17(23)16-9-8-15(22(16)2)12-6-4-3-5-7-12/h3-11H,1-2H3,(H,20,23). The Morgan fingerprint density at radius 2 is 1.79 bits per heavy atom. The van der Waals surface area contributed by atoms with Gasteiger partial charge in [-0.25, -0.2) is 0 Å². The van der Waals surface area contributed by atoms with E-state index < -0.39 is 0 Å². The molecule has 0 spiro atoms. The summed E-state index contributed by atoms with van der Waals surface area (Å²) in [5.41, 5.74) is 2.94. The van der Waals surface area contributed by atoms with Gasteiger partial charge in [0.05, 0.1) is 10.2 Å². The first-order valence-corrected chi connectivity index (χ1v) is 8.15. The van der Waals surface area contributed by atoms with E-state index in [2.05, 4.69) is 21.2 Å². The van der Waals surface area contributed by atoms with Gasteiger partial charge in [0.15, 0.2) is 0 Å². The molecule has 0 bridgehead atoms. The van der Waals surface area contributed by atoms with Crippen LogP contribution in [-0.4, -0.2) is 15.0 Å². The van der Waals surface area contributed by atoms with Crippen LogP contribution in [0.3, 0.4) is 0 Å². The van der Waals surface area contributed by atoms with Crippen molar-refractivity contribution in [3.05, 3.63) is 75.2 Å². The SMILES string of the molecule is Cn1c(C(=O)Nc2cc(Br)c(=O)n(C)c2)ccc1-c1ccccc1. The summed E-state index contributed by atoms with van der Waals surface area (Å²) in [5, 5.41) is 2.82. The molecule has 0 aliphatic carbocycles. The summed E-state index contributed by atoms with van der Waals surface area (Å²) >= 11 is 3.20. The highest BCUT2D eigenvalue weighted by atomic mass is 79.9. The van der Waals surface area contributed by atoms with Crippen molar-refractivity contribution in [1.29, 1.82) is 0 Å². The lowest BCUT2D eigenvalue weighted by atomic mass is 10.2. The van der Waals surface area contributed by atoms with E-state index in [-0.39, 0.29) is 11.5 Å². The summed E-state index contributed by atoms with van der Waals surface area (Å²) in [6.45, 7) is 0. The molecule has 1 aromatic carbocycles. The Morgan fingerprint density at radius 1 is 1.08 bits per heavy atom. The van der Waals surface area contributed by atoms with E-state index >= 15 is 0 Å². The van der Waals surface area contributed by atoms with Gasteiger partial charge in [0, 0.05) is 26.0 Å². The highest BCUT2D eigenvalue weighted by Gasteiger charge is 2.14. The molecule has 1 amide bonds. The number of carbonyl (C=O) groups is 1. The van der Waals surface area contributed by atoms with Gasteiger partial charge in [-0.15, -0.1) is 0 Å². The maximum Gasteiger partial charge on any atom is 0.272 e. The van der Waals surface area contributed by atoms with Crippen LogP contribution in [0.1, 0.15) is 10.5 Å². The van der Waals surface area contributed by atoms with Crippen molar-refractivity contribution in [2.45, 2.75) is 0 Å². The van der Waals surface area contributed by atoms with Crippen LogP contribution in [0, 0.1) is 0 Å². The minimum atomic E-state index is -0.231. The van der Waals surface area contributed by atoms with Gasteiger partial charge in [0.25, 0.3) is 11.5 Å². The lowest BCUT2D eigenvalue weighted by Crippen LogP contribution is -2.20. The normalized spacial score (nSPS) is 10.6. The third-order valence-corrected chi connectivity index (χ3v) is 4.39. The number of carbonyl (C=O) groups excluding carboxylic acids is 1. The molecular formula is C18H16BrN3O2. The van der Waals surface area contributed by atoms with E-state index in [0.29, 0.717) is 15.9 Å². The number of nitrogens with zero attached hydrogens (tertiary/aromatic N) is 2. The molecule has 0 aliphatic rings. The molecule has 3 rings (SSSR count). The van der Waals surface area contributed by atoms with Crippen molar-refractivity contribution in [1.82, 2.24) is 9.13 Å². The Bertz CT molecular complexity index is 932. The predicted octanol–water partition coefficient (Wildman–Crippen LogP) is 3.41. The summed E-state index contributed by atoms with van der Waals surface area (Å²) in [4.78, 5) is 24.2. The number of nitrogens with one attached hydrogen (secondary N) is 1. The fraction of sp³-hybridized carbons (Fsp3) is 0.111. The van der Waals surface area contributed by atoms with Gasteiger partial charge in [-0.2, -0.15) is 0 Å². The molecule has 2 heterocycles. The molecule has 6 heteroatoms. The fourth-order valence-electron chi connectivity index (χ4n) is 2.57. The molecular weight excluding hydrogens is 370 g/mol. The zero-order valence-corrected chi connectivity index (χ0v) is 14.9. The van der Waals surface area contributed by atoms with Crippen LogP contribution in [0.25, 0.3) is 11.3 Å². The molecule has 24 heavy (non-hydrogen) atoms. The molecule has 0 atom stereocenters. The van der Waals surface area contributed by atoms with Gasteiger partial charge in [-0.05, 0) is 39.7 Å². The topological polar surface area (TPSA) is 56.0 Å². The third-order valence-electron chi connectivity index (χ3n) is 3.82. The Labute approximate surface area is 147 Å². The van der Waals surface area contributed by atoms with Gasteiger partial charge in [0.1, 0.15) is 5.69 Å². The zero-order chi connectivity index (χ0) is 17.3. The van der Waals surface area contributed by atoms with E-state index in [9.17, 15) is 9.59 Å². The first kappa shape index (κ1) is 16.3. The van der Waals surface area contributed by atoms with Crippen molar-refractivity contribution in [2.24, 2.45) is 14.1 Å². The zero-order valence-electron chi connectivity index (χ0n) is 13.3. The monoisotopic (exact) mass is 385 g/mol. The molecule has 0 fully saturated rings. The molecule has 0 unspecified atom stereocenters. The number of anilines is 1. The Morgan fingerprint density at radius 3 is 2.46 bits per heavy atom.